The van der Waals surface area contributed by atoms with Crippen LogP contribution in [-0.2, 0) is 6.54 Å². The van der Waals surface area contributed by atoms with Crippen LogP contribution in [-0.4, -0.2) is 12.0 Å². The lowest BCUT2D eigenvalue weighted by Gasteiger charge is -2.20. The van der Waals surface area contributed by atoms with E-state index in [0.29, 0.717) is 28.2 Å². The fourth-order valence-electron chi connectivity index (χ4n) is 1.73. The summed E-state index contributed by atoms with van der Waals surface area (Å²) >= 11 is 12.1. The van der Waals surface area contributed by atoms with E-state index in [-0.39, 0.29) is 0 Å². The number of rotatable bonds is 4. The molecule has 0 aliphatic heterocycles. The third-order valence-electron chi connectivity index (χ3n) is 2.78. The SMILES string of the molecule is Cc1occc1CN(C)c1nc(NN)c(Cl)cc1Cl. The minimum Gasteiger partial charge on any atom is -0.469 e. The Morgan fingerprint density at radius 2 is 2.16 bits per heavy atom. The van der Waals surface area contributed by atoms with Crippen molar-refractivity contribution in [1.29, 1.82) is 0 Å². The monoisotopic (exact) mass is 300 g/mol. The molecule has 0 bridgehead atoms. The van der Waals surface area contributed by atoms with Gasteiger partial charge in [0.05, 0.1) is 16.3 Å². The largest absolute Gasteiger partial charge is 0.469 e. The van der Waals surface area contributed by atoms with Gasteiger partial charge in [-0.2, -0.15) is 0 Å². The van der Waals surface area contributed by atoms with E-state index >= 15 is 0 Å². The first kappa shape index (κ1) is 14.0. The molecular weight excluding hydrogens is 287 g/mol. The highest BCUT2D eigenvalue weighted by atomic mass is 35.5. The van der Waals surface area contributed by atoms with Crippen LogP contribution in [0.5, 0.6) is 0 Å². The molecule has 2 aromatic heterocycles. The van der Waals surface area contributed by atoms with Gasteiger partial charge in [-0.25, -0.2) is 10.8 Å². The quantitative estimate of drug-likeness (QED) is 0.670. The zero-order chi connectivity index (χ0) is 14.0. The molecule has 0 aromatic carbocycles. The Bertz CT molecular complexity index is 585. The molecule has 5 nitrogen and oxygen atoms in total. The molecule has 0 saturated carbocycles. The number of hydrogen-bond donors (Lipinski definition) is 2. The summed E-state index contributed by atoms with van der Waals surface area (Å²) in [4.78, 5) is 6.20. The molecule has 0 aliphatic rings. The lowest BCUT2D eigenvalue weighted by molar-refractivity contribution is 0.529. The molecule has 0 radical (unpaired) electrons. The van der Waals surface area contributed by atoms with Gasteiger partial charge in [0.25, 0.3) is 0 Å². The second-order valence-corrected chi connectivity index (χ2v) is 4.94. The van der Waals surface area contributed by atoms with Crippen molar-refractivity contribution in [2.24, 2.45) is 5.84 Å². The summed E-state index contributed by atoms with van der Waals surface area (Å²) in [5.74, 6) is 7.21. The number of hydrazine groups is 1. The number of nitrogens with one attached hydrogen (secondary N) is 1. The van der Waals surface area contributed by atoms with Crippen molar-refractivity contribution < 1.29 is 4.42 Å². The zero-order valence-electron chi connectivity index (χ0n) is 10.6. The van der Waals surface area contributed by atoms with E-state index in [2.05, 4.69) is 10.4 Å². The van der Waals surface area contributed by atoms with Crippen molar-refractivity contribution in [3.05, 3.63) is 39.8 Å². The number of aromatic nitrogens is 1. The van der Waals surface area contributed by atoms with Crippen LogP contribution < -0.4 is 16.2 Å². The van der Waals surface area contributed by atoms with Gasteiger partial charge in [0, 0.05) is 19.2 Å². The first-order valence-corrected chi connectivity index (χ1v) is 6.35. The Morgan fingerprint density at radius 1 is 1.42 bits per heavy atom. The summed E-state index contributed by atoms with van der Waals surface area (Å²) in [5.41, 5.74) is 3.51. The van der Waals surface area contributed by atoms with Crippen molar-refractivity contribution in [2.75, 3.05) is 17.4 Å². The molecule has 0 aliphatic carbocycles. The smallest absolute Gasteiger partial charge is 0.161 e. The summed E-state index contributed by atoms with van der Waals surface area (Å²) in [5, 5.41) is 0.844. The van der Waals surface area contributed by atoms with Gasteiger partial charge in [-0.3, -0.25) is 0 Å². The van der Waals surface area contributed by atoms with Crippen molar-refractivity contribution in [3.63, 3.8) is 0 Å². The predicted octanol–water partition coefficient (Wildman–Crippen LogP) is 3.21. The fraction of sp³-hybridized carbons (Fsp3) is 0.250. The van der Waals surface area contributed by atoms with E-state index in [1.807, 2.05) is 24.9 Å². The summed E-state index contributed by atoms with van der Waals surface area (Å²) in [6.45, 7) is 2.54. The Kier molecular flexibility index (Phi) is 4.19. The van der Waals surface area contributed by atoms with Crippen LogP contribution in [0.15, 0.2) is 22.8 Å². The van der Waals surface area contributed by atoms with E-state index in [1.165, 1.54) is 0 Å². The van der Waals surface area contributed by atoms with Crippen LogP contribution in [0.2, 0.25) is 10.0 Å². The fourth-order valence-corrected chi connectivity index (χ4v) is 2.29. The Labute approximate surface area is 121 Å². The van der Waals surface area contributed by atoms with Crippen LogP contribution in [0.1, 0.15) is 11.3 Å². The summed E-state index contributed by atoms with van der Waals surface area (Å²) < 4.78 is 5.26. The molecule has 3 N–H and O–H groups in total. The lowest BCUT2D eigenvalue weighted by Crippen LogP contribution is -2.19. The van der Waals surface area contributed by atoms with E-state index < -0.39 is 0 Å². The number of aryl methyl sites for hydroxylation is 1. The highest BCUT2D eigenvalue weighted by molar-refractivity contribution is 6.37. The van der Waals surface area contributed by atoms with Gasteiger partial charge < -0.3 is 14.7 Å². The molecule has 2 aromatic rings. The van der Waals surface area contributed by atoms with Gasteiger partial charge in [-0.1, -0.05) is 23.2 Å². The number of furan rings is 1. The standard InChI is InChI=1S/C12H14Cl2N4O/c1-7-8(3-4-19-7)6-18(2)12-10(14)5-9(13)11(16-12)17-15/h3-5H,6,15H2,1-2H3,(H,16,17). The molecule has 2 rings (SSSR count). The summed E-state index contributed by atoms with van der Waals surface area (Å²) in [6, 6.07) is 3.52. The normalized spacial score (nSPS) is 10.6. The van der Waals surface area contributed by atoms with Gasteiger partial charge in [0.1, 0.15) is 11.6 Å². The first-order chi connectivity index (χ1) is 9.02. The molecule has 0 fully saturated rings. The maximum atomic E-state index is 6.15. The Balaban J connectivity index is 2.28. The minimum atomic E-state index is 0.379. The molecule has 0 saturated heterocycles. The van der Waals surface area contributed by atoms with E-state index in [4.69, 9.17) is 33.5 Å². The molecular formula is C12H14Cl2N4O. The van der Waals surface area contributed by atoms with Gasteiger partial charge in [-0.15, -0.1) is 0 Å². The maximum absolute atomic E-state index is 6.15. The molecule has 0 atom stereocenters. The molecule has 0 spiro atoms. The third kappa shape index (κ3) is 2.94. The number of nitrogens with two attached hydrogens (primary N) is 1. The summed E-state index contributed by atoms with van der Waals surface area (Å²) in [6.07, 6.45) is 1.66. The Hall–Kier alpha value is -1.43. The van der Waals surface area contributed by atoms with Gasteiger partial charge in [0.15, 0.2) is 5.82 Å². The lowest BCUT2D eigenvalue weighted by atomic mass is 10.2. The molecule has 2 heterocycles. The molecule has 102 valence electrons. The summed E-state index contributed by atoms with van der Waals surface area (Å²) in [7, 11) is 1.88. The number of nitrogen functional groups attached to an aromatic ring is 1. The molecule has 19 heavy (non-hydrogen) atoms. The average Bonchev–Trinajstić information content (AvgIpc) is 2.75. The zero-order valence-corrected chi connectivity index (χ0v) is 12.1. The maximum Gasteiger partial charge on any atom is 0.161 e. The van der Waals surface area contributed by atoms with Crippen LogP contribution in [0.3, 0.4) is 0 Å². The van der Waals surface area contributed by atoms with Crippen molar-refractivity contribution in [3.8, 4) is 0 Å². The number of pyridine rings is 1. The highest BCUT2D eigenvalue weighted by Gasteiger charge is 2.14. The molecule has 0 amide bonds. The average molecular weight is 301 g/mol. The third-order valence-corrected chi connectivity index (χ3v) is 3.35. The van der Waals surface area contributed by atoms with Crippen LogP contribution >= 0.6 is 23.2 Å². The van der Waals surface area contributed by atoms with E-state index in [1.54, 1.807) is 12.3 Å². The van der Waals surface area contributed by atoms with Crippen LogP contribution in [0, 0.1) is 6.92 Å². The minimum absolute atomic E-state index is 0.379. The van der Waals surface area contributed by atoms with E-state index in [9.17, 15) is 0 Å². The van der Waals surface area contributed by atoms with Gasteiger partial charge >= 0.3 is 0 Å². The Morgan fingerprint density at radius 3 is 2.74 bits per heavy atom. The van der Waals surface area contributed by atoms with Crippen molar-refractivity contribution in [1.82, 2.24) is 4.98 Å². The molecule has 7 heteroatoms. The van der Waals surface area contributed by atoms with Gasteiger partial charge in [-0.05, 0) is 19.1 Å². The number of anilines is 2. The first-order valence-electron chi connectivity index (χ1n) is 5.59. The number of nitrogens with zero attached hydrogens (tertiary/aromatic N) is 2. The number of hydrogen-bond acceptors (Lipinski definition) is 5. The topological polar surface area (TPSA) is 67.3 Å². The highest BCUT2D eigenvalue weighted by Crippen LogP contribution is 2.31. The molecule has 0 unspecified atom stereocenters. The van der Waals surface area contributed by atoms with Gasteiger partial charge in [0.2, 0.25) is 0 Å². The van der Waals surface area contributed by atoms with Crippen LogP contribution in [0.25, 0.3) is 0 Å². The second-order valence-electron chi connectivity index (χ2n) is 4.13. The second kappa shape index (κ2) is 5.69. The van der Waals surface area contributed by atoms with Crippen molar-refractivity contribution >= 4 is 34.8 Å². The van der Waals surface area contributed by atoms with E-state index in [0.717, 1.165) is 11.3 Å². The van der Waals surface area contributed by atoms with Crippen LogP contribution in [0.4, 0.5) is 11.6 Å². The predicted molar refractivity (Wildman–Crippen MR) is 77.6 cm³/mol. The van der Waals surface area contributed by atoms with Crippen molar-refractivity contribution in [2.45, 2.75) is 13.5 Å². The number of halogens is 2.